The van der Waals surface area contributed by atoms with Crippen LogP contribution in [0, 0.1) is 0 Å². The van der Waals surface area contributed by atoms with Gasteiger partial charge in [0.15, 0.2) is 0 Å². The first-order valence-corrected chi connectivity index (χ1v) is 5.81. The van der Waals surface area contributed by atoms with E-state index in [0.29, 0.717) is 6.54 Å². The molecule has 0 aliphatic carbocycles. The molecular weight excluding hydrogens is 212 g/mol. The van der Waals surface area contributed by atoms with Gasteiger partial charge in [-0.2, -0.15) is 0 Å². The van der Waals surface area contributed by atoms with Gasteiger partial charge < -0.3 is 15.2 Å². The number of hydrogen-bond donors (Lipinski definition) is 1. The lowest BCUT2D eigenvalue weighted by molar-refractivity contribution is 0.499. The van der Waals surface area contributed by atoms with E-state index in [1.54, 1.807) is 0 Å². The maximum atomic E-state index is 5.80. The van der Waals surface area contributed by atoms with Crippen molar-refractivity contribution in [3.63, 3.8) is 0 Å². The molecule has 0 aliphatic rings. The van der Waals surface area contributed by atoms with Gasteiger partial charge in [-0.1, -0.05) is 0 Å². The van der Waals surface area contributed by atoms with Crippen LogP contribution in [0.1, 0.15) is 13.8 Å². The van der Waals surface area contributed by atoms with E-state index in [-0.39, 0.29) is 5.54 Å². The molecule has 17 heavy (non-hydrogen) atoms. The van der Waals surface area contributed by atoms with Crippen molar-refractivity contribution in [3.8, 4) is 0 Å². The summed E-state index contributed by atoms with van der Waals surface area (Å²) in [7, 11) is 4.07. The fraction of sp³-hybridized carbons (Fsp3) is 0.462. The van der Waals surface area contributed by atoms with Crippen molar-refractivity contribution in [2.75, 3.05) is 18.5 Å². The first-order chi connectivity index (χ1) is 7.95. The zero-order chi connectivity index (χ0) is 12.6. The molecule has 0 bridgehead atoms. The molecule has 2 rings (SSSR count). The topological polar surface area (TPSA) is 47.1 Å². The summed E-state index contributed by atoms with van der Waals surface area (Å²) in [5.74, 6) is 0. The molecule has 4 nitrogen and oxygen atoms in total. The quantitative estimate of drug-likeness (QED) is 0.877. The van der Waals surface area contributed by atoms with Crippen molar-refractivity contribution in [2.45, 2.75) is 19.4 Å². The van der Waals surface area contributed by atoms with Crippen LogP contribution in [-0.4, -0.2) is 28.7 Å². The Morgan fingerprint density at radius 3 is 2.76 bits per heavy atom. The van der Waals surface area contributed by atoms with Crippen LogP contribution in [0.25, 0.3) is 11.0 Å². The van der Waals surface area contributed by atoms with E-state index in [1.165, 1.54) is 0 Å². The molecule has 0 amide bonds. The fourth-order valence-electron chi connectivity index (χ4n) is 1.82. The van der Waals surface area contributed by atoms with Crippen LogP contribution in [0.5, 0.6) is 0 Å². The van der Waals surface area contributed by atoms with Gasteiger partial charge in [-0.15, -0.1) is 0 Å². The number of fused-ring (bicyclic) bond motifs is 1. The van der Waals surface area contributed by atoms with E-state index < -0.39 is 0 Å². The minimum atomic E-state index is -0.0531. The average molecular weight is 232 g/mol. The molecule has 0 atom stereocenters. The number of aromatic nitrogens is 2. The van der Waals surface area contributed by atoms with Gasteiger partial charge in [-0.05, 0) is 32.0 Å². The Balaban J connectivity index is 2.43. The lowest BCUT2D eigenvalue weighted by atomic mass is 10.0. The molecular formula is C13H20N4. The molecule has 92 valence electrons. The minimum Gasteiger partial charge on any atom is -0.368 e. The van der Waals surface area contributed by atoms with E-state index >= 15 is 0 Å². The number of anilines is 1. The van der Waals surface area contributed by atoms with Crippen molar-refractivity contribution in [1.82, 2.24) is 9.55 Å². The molecule has 1 heterocycles. The van der Waals surface area contributed by atoms with Gasteiger partial charge in [0, 0.05) is 31.9 Å². The third-order valence-electron chi connectivity index (χ3n) is 3.50. The largest absolute Gasteiger partial charge is 0.368 e. The molecule has 1 aromatic carbocycles. The molecule has 0 radical (unpaired) electrons. The van der Waals surface area contributed by atoms with E-state index in [4.69, 9.17) is 5.73 Å². The van der Waals surface area contributed by atoms with Crippen LogP contribution >= 0.6 is 0 Å². The second-order valence-corrected chi connectivity index (χ2v) is 5.10. The molecule has 0 saturated heterocycles. The summed E-state index contributed by atoms with van der Waals surface area (Å²) in [6.45, 7) is 4.88. The molecule has 4 heteroatoms. The van der Waals surface area contributed by atoms with Crippen molar-refractivity contribution in [3.05, 3.63) is 24.5 Å². The zero-order valence-electron chi connectivity index (χ0n) is 10.9. The number of aryl methyl sites for hydroxylation is 1. The molecule has 0 saturated carbocycles. The summed E-state index contributed by atoms with van der Waals surface area (Å²) in [6, 6.07) is 6.31. The third kappa shape index (κ3) is 2.00. The zero-order valence-corrected chi connectivity index (χ0v) is 10.9. The van der Waals surface area contributed by atoms with Gasteiger partial charge in [-0.25, -0.2) is 4.98 Å². The normalized spacial score (nSPS) is 12.1. The third-order valence-corrected chi connectivity index (χ3v) is 3.50. The number of hydrogen-bond acceptors (Lipinski definition) is 3. The monoisotopic (exact) mass is 232 g/mol. The number of nitrogens with zero attached hydrogens (tertiary/aromatic N) is 3. The van der Waals surface area contributed by atoms with Crippen molar-refractivity contribution in [1.29, 1.82) is 0 Å². The van der Waals surface area contributed by atoms with Gasteiger partial charge in [0.1, 0.15) is 0 Å². The highest BCUT2D eigenvalue weighted by molar-refractivity contribution is 5.79. The SMILES string of the molecule is CN(c1ccc2c(c1)ncn2C)C(C)(C)CN. The van der Waals surface area contributed by atoms with Crippen LogP contribution in [0.4, 0.5) is 5.69 Å². The number of nitrogens with two attached hydrogens (primary N) is 1. The molecule has 2 N–H and O–H groups in total. The number of benzene rings is 1. The second-order valence-electron chi connectivity index (χ2n) is 5.10. The van der Waals surface area contributed by atoms with Gasteiger partial charge in [0.25, 0.3) is 0 Å². The van der Waals surface area contributed by atoms with Gasteiger partial charge in [0.2, 0.25) is 0 Å². The molecule has 0 fully saturated rings. The first kappa shape index (κ1) is 11.9. The Morgan fingerprint density at radius 2 is 2.12 bits per heavy atom. The van der Waals surface area contributed by atoms with E-state index in [1.807, 2.05) is 17.9 Å². The van der Waals surface area contributed by atoms with Crippen LogP contribution in [0.3, 0.4) is 0 Å². The smallest absolute Gasteiger partial charge is 0.0955 e. The highest BCUT2D eigenvalue weighted by atomic mass is 15.2. The van der Waals surface area contributed by atoms with Crippen LogP contribution in [-0.2, 0) is 7.05 Å². The maximum absolute atomic E-state index is 5.80. The summed E-state index contributed by atoms with van der Waals surface area (Å²) < 4.78 is 2.02. The van der Waals surface area contributed by atoms with Crippen LogP contribution in [0.2, 0.25) is 0 Å². The number of rotatable bonds is 3. The lowest BCUT2D eigenvalue weighted by Crippen LogP contribution is -2.47. The Labute approximate surface area is 102 Å². The Kier molecular flexibility index (Phi) is 2.83. The summed E-state index contributed by atoms with van der Waals surface area (Å²) in [4.78, 5) is 6.57. The van der Waals surface area contributed by atoms with E-state index in [9.17, 15) is 0 Å². The molecule has 1 aromatic heterocycles. The predicted molar refractivity (Wildman–Crippen MR) is 72.3 cm³/mol. The van der Waals surface area contributed by atoms with Crippen molar-refractivity contribution < 1.29 is 0 Å². The lowest BCUT2D eigenvalue weighted by Gasteiger charge is -2.36. The summed E-state index contributed by atoms with van der Waals surface area (Å²) >= 11 is 0. The van der Waals surface area contributed by atoms with Crippen LogP contribution < -0.4 is 10.6 Å². The van der Waals surface area contributed by atoms with E-state index in [0.717, 1.165) is 16.7 Å². The van der Waals surface area contributed by atoms with Crippen LogP contribution in [0.15, 0.2) is 24.5 Å². The van der Waals surface area contributed by atoms with Crippen molar-refractivity contribution >= 4 is 16.7 Å². The Morgan fingerprint density at radius 1 is 1.41 bits per heavy atom. The molecule has 2 aromatic rings. The van der Waals surface area contributed by atoms with Crippen molar-refractivity contribution in [2.24, 2.45) is 12.8 Å². The molecule has 0 spiro atoms. The second kappa shape index (κ2) is 4.04. The predicted octanol–water partition coefficient (Wildman–Crippen LogP) is 1.75. The highest BCUT2D eigenvalue weighted by Gasteiger charge is 2.22. The Bertz CT molecular complexity index is 527. The molecule has 0 aliphatic heterocycles. The van der Waals surface area contributed by atoms with Gasteiger partial charge in [-0.3, -0.25) is 0 Å². The first-order valence-electron chi connectivity index (χ1n) is 5.81. The maximum Gasteiger partial charge on any atom is 0.0955 e. The summed E-state index contributed by atoms with van der Waals surface area (Å²) in [5.41, 5.74) is 9.06. The highest BCUT2D eigenvalue weighted by Crippen LogP contribution is 2.25. The average Bonchev–Trinajstić information content (AvgIpc) is 2.69. The number of imidazole rings is 1. The van der Waals surface area contributed by atoms with Gasteiger partial charge in [0.05, 0.1) is 17.4 Å². The minimum absolute atomic E-state index is 0.0531. The van der Waals surface area contributed by atoms with Gasteiger partial charge >= 0.3 is 0 Å². The Hall–Kier alpha value is -1.55. The standard InChI is InChI=1S/C13H20N4/c1-13(2,8-14)17(4)10-5-6-12-11(7-10)15-9-16(12)3/h5-7,9H,8,14H2,1-4H3. The summed E-state index contributed by atoms with van der Waals surface area (Å²) in [5, 5.41) is 0. The number of likely N-dealkylation sites (N-methyl/N-ethyl adjacent to an activating group) is 1. The fourth-order valence-corrected chi connectivity index (χ4v) is 1.82. The van der Waals surface area contributed by atoms with E-state index in [2.05, 4.69) is 49.0 Å². The molecule has 0 unspecified atom stereocenters. The summed E-state index contributed by atoms with van der Waals surface area (Å²) in [6.07, 6.45) is 1.84.